The molecule has 0 bridgehead atoms. The number of hydrogen-bond acceptors (Lipinski definition) is 2. The Morgan fingerprint density at radius 3 is 1.78 bits per heavy atom. The Labute approximate surface area is 113 Å². The van der Waals surface area contributed by atoms with Crippen molar-refractivity contribution in [3.8, 4) is 0 Å². The molecule has 108 valence electrons. The van der Waals surface area contributed by atoms with Gasteiger partial charge in [0.25, 0.3) is 0 Å². The molecule has 1 amide bonds. The van der Waals surface area contributed by atoms with Gasteiger partial charge in [-0.1, -0.05) is 34.6 Å². The van der Waals surface area contributed by atoms with Gasteiger partial charge in [-0.15, -0.1) is 0 Å². The third-order valence-corrected chi connectivity index (χ3v) is 2.91. The lowest BCUT2D eigenvalue weighted by Crippen LogP contribution is -2.49. The number of hydrogen-bond donors (Lipinski definition) is 0. The number of amides is 1. The second-order valence-corrected chi connectivity index (χ2v) is 7.57. The molecule has 3 heteroatoms. The fourth-order valence-corrected chi connectivity index (χ4v) is 1.57. The van der Waals surface area contributed by atoms with Crippen molar-refractivity contribution in [1.82, 2.24) is 4.90 Å². The summed E-state index contributed by atoms with van der Waals surface area (Å²) in [5.41, 5.74) is -0.393. The van der Waals surface area contributed by atoms with Gasteiger partial charge in [-0.2, -0.15) is 0 Å². The molecule has 0 aromatic carbocycles. The molecule has 0 saturated heterocycles. The van der Waals surface area contributed by atoms with Crippen LogP contribution in [0.5, 0.6) is 0 Å². The highest BCUT2D eigenvalue weighted by Crippen LogP contribution is 2.26. The number of carbonyl (C=O) groups excluding carboxylic acids is 1. The third-order valence-electron chi connectivity index (χ3n) is 2.91. The maximum Gasteiger partial charge on any atom is 0.410 e. The first-order valence-corrected chi connectivity index (χ1v) is 6.84. The highest BCUT2D eigenvalue weighted by molar-refractivity contribution is 5.68. The summed E-state index contributed by atoms with van der Waals surface area (Å²) in [7, 11) is 0. The quantitative estimate of drug-likeness (QED) is 0.754. The minimum atomic E-state index is -0.441. The zero-order valence-electron chi connectivity index (χ0n) is 13.6. The summed E-state index contributed by atoms with van der Waals surface area (Å²) in [5.74, 6) is 0.433. The van der Waals surface area contributed by atoms with Crippen molar-refractivity contribution < 1.29 is 9.53 Å². The summed E-state index contributed by atoms with van der Waals surface area (Å²) in [6, 6.07) is 0.148. The van der Waals surface area contributed by atoms with Gasteiger partial charge < -0.3 is 9.64 Å². The van der Waals surface area contributed by atoms with Crippen LogP contribution in [0.2, 0.25) is 0 Å². The Morgan fingerprint density at radius 1 is 1.06 bits per heavy atom. The zero-order chi connectivity index (χ0) is 14.7. The Bertz CT molecular complexity index is 271. The summed E-state index contributed by atoms with van der Waals surface area (Å²) in [5, 5.41) is 0. The van der Waals surface area contributed by atoms with Crippen molar-refractivity contribution in [2.24, 2.45) is 11.3 Å². The van der Waals surface area contributed by atoms with E-state index < -0.39 is 5.60 Å². The molecular weight excluding hydrogens is 226 g/mol. The second-order valence-electron chi connectivity index (χ2n) is 7.57. The van der Waals surface area contributed by atoms with Gasteiger partial charge in [0.1, 0.15) is 5.60 Å². The van der Waals surface area contributed by atoms with E-state index in [0.717, 1.165) is 6.54 Å². The maximum absolute atomic E-state index is 12.3. The average molecular weight is 257 g/mol. The first-order valence-electron chi connectivity index (χ1n) is 6.84. The molecule has 0 aromatic rings. The Morgan fingerprint density at radius 2 is 1.50 bits per heavy atom. The molecule has 0 spiro atoms. The first kappa shape index (κ1) is 17.3. The predicted molar refractivity (Wildman–Crippen MR) is 76.7 cm³/mol. The van der Waals surface area contributed by atoms with E-state index >= 15 is 0 Å². The van der Waals surface area contributed by atoms with Gasteiger partial charge in [0.15, 0.2) is 0 Å². The molecular formula is C15H31NO2. The van der Waals surface area contributed by atoms with Crippen molar-refractivity contribution in [2.75, 3.05) is 6.54 Å². The Hall–Kier alpha value is -0.730. The zero-order valence-corrected chi connectivity index (χ0v) is 13.6. The van der Waals surface area contributed by atoms with E-state index in [0.29, 0.717) is 5.92 Å². The van der Waals surface area contributed by atoms with Crippen molar-refractivity contribution in [3.63, 3.8) is 0 Å². The molecule has 18 heavy (non-hydrogen) atoms. The van der Waals surface area contributed by atoms with Crippen LogP contribution in [0.3, 0.4) is 0 Å². The van der Waals surface area contributed by atoms with E-state index in [2.05, 4.69) is 41.5 Å². The number of ether oxygens (including phenoxy) is 1. The topological polar surface area (TPSA) is 29.5 Å². The summed E-state index contributed by atoms with van der Waals surface area (Å²) in [4.78, 5) is 14.1. The van der Waals surface area contributed by atoms with Crippen molar-refractivity contribution in [2.45, 2.75) is 74.0 Å². The van der Waals surface area contributed by atoms with Gasteiger partial charge in [-0.3, -0.25) is 0 Å². The summed E-state index contributed by atoms with van der Waals surface area (Å²) in [6.45, 7) is 19.2. The lowest BCUT2D eigenvalue weighted by molar-refractivity contribution is 0.00213. The van der Waals surface area contributed by atoms with Crippen LogP contribution in [0.25, 0.3) is 0 Å². The van der Waals surface area contributed by atoms with Crippen LogP contribution in [0.15, 0.2) is 0 Å². The Kier molecular flexibility index (Phi) is 5.70. The third kappa shape index (κ3) is 6.27. The van der Waals surface area contributed by atoms with Gasteiger partial charge >= 0.3 is 6.09 Å². The largest absolute Gasteiger partial charge is 0.444 e. The maximum atomic E-state index is 12.3. The van der Waals surface area contributed by atoms with E-state index in [1.54, 1.807) is 0 Å². The van der Waals surface area contributed by atoms with E-state index in [9.17, 15) is 4.79 Å². The molecule has 0 aliphatic carbocycles. The van der Waals surface area contributed by atoms with Gasteiger partial charge in [-0.05, 0) is 39.0 Å². The molecule has 0 N–H and O–H groups in total. The molecule has 1 unspecified atom stereocenters. The lowest BCUT2D eigenvalue weighted by atomic mass is 9.86. The molecule has 0 heterocycles. The smallest absolute Gasteiger partial charge is 0.410 e. The summed E-state index contributed by atoms with van der Waals surface area (Å²) < 4.78 is 5.50. The molecule has 0 radical (unpaired) electrons. The van der Waals surface area contributed by atoms with Crippen LogP contribution in [0.4, 0.5) is 4.79 Å². The molecule has 0 aromatic heterocycles. The van der Waals surface area contributed by atoms with E-state index in [-0.39, 0.29) is 17.6 Å². The molecule has 0 rings (SSSR count). The van der Waals surface area contributed by atoms with Crippen LogP contribution < -0.4 is 0 Å². The minimum absolute atomic E-state index is 0.0474. The monoisotopic (exact) mass is 257 g/mol. The lowest BCUT2D eigenvalue weighted by Gasteiger charge is -2.39. The van der Waals surface area contributed by atoms with E-state index in [1.807, 2.05) is 25.7 Å². The summed E-state index contributed by atoms with van der Waals surface area (Å²) >= 11 is 0. The molecule has 0 saturated carbocycles. The summed E-state index contributed by atoms with van der Waals surface area (Å²) in [6.07, 6.45) is -0.210. The highest BCUT2D eigenvalue weighted by Gasteiger charge is 2.32. The van der Waals surface area contributed by atoms with Gasteiger partial charge in [0.2, 0.25) is 0 Å². The minimum Gasteiger partial charge on any atom is -0.444 e. The molecule has 0 fully saturated rings. The first-order chi connectivity index (χ1) is 7.84. The SMILES string of the molecule is CC(C)CN(C(=O)OC(C)(C)C)C(C)C(C)(C)C. The van der Waals surface area contributed by atoms with Crippen molar-refractivity contribution in [1.29, 1.82) is 0 Å². The molecule has 1 atom stereocenters. The van der Waals surface area contributed by atoms with Gasteiger partial charge in [0, 0.05) is 12.6 Å². The number of carbonyl (C=O) groups is 1. The van der Waals surface area contributed by atoms with Crippen LogP contribution in [0, 0.1) is 11.3 Å². The van der Waals surface area contributed by atoms with E-state index in [4.69, 9.17) is 4.74 Å². The Balaban J connectivity index is 4.95. The van der Waals surface area contributed by atoms with Gasteiger partial charge in [0.05, 0.1) is 0 Å². The van der Waals surface area contributed by atoms with Gasteiger partial charge in [-0.25, -0.2) is 4.79 Å². The predicted octanol–water partition coefficient (Wildman–Crippen LogP) is 4.31. The fourth-order valence-electron chi connectivity index (χ4n) is 1.57. The van der Waals surface area contributed by atoms with Crippen LogP contribution >= 0.6 is 0 Å². The molecule has 0 aliphatic rings. The molecule has 3 nitrogen and oxygen atoms in total. The normalized spacial score (nSPS) is 14.6. The number of nitrogens with zero attached hydrogens (tertiary/aromatic N) is 1. The van der Waals surface area contributed by atoms with E-state index in [1.165, 1.54) is 0 Å². The average Bonchev–Trinajstić information content (AvgIpc) is 2.08. The fraction of sp³-hybridized carbons (Fsp3) is 0.933. The van der Waals surface area contributed by atoms with Crippen molar-refractivity contribution in [3.05, 3.63) is 0 Å². The van der Waals surface area contributed by atoms with Crippen molar-refractivity contribution >= 4 is 6.09 Å². The molecule has 0 aliphatic heterocycles. The number of rotatable bonds is 3. The second kappa shape index (κ2) is 5.94. The highest BCUT2D eigenvalue weighted by atomic mass is 16.6. The standard InChI is InChI=1S/C15H31NO2/c1-11(2)10-16(12(3)14(4,5)6)13(17)18-15(7,8)9/h11-12H,10H2,1-9H3. The van der Waals surface area contributed by atoms with Crippen LogP contribution in [-0.4, -0.2) is 29.2 Å². The van der Waals surface area contributed by atoms with Crippen LogP contribution in [0.1, 0.15) is 62.3 Å². The van der Waals surface area contributed by atoms with Crippen LogP contribution in [-0.2, 0) is 4.74 Å².